The molecule has 0 aromatic rings. The Morgan fingerprint density at radius 3 is 3.11 bits per heavy atom. The van der Waals surface area contributed by atoms with Crippen LogP contribution in [0.3, 0.4) is 0 Å². The van der Waals surface area contributed by atoms with Crippen LogP contribution in [0.2, 0.25) is 0 Å². The lowest BCUT2D eigenvalue weighted by atomic mass is 10.2. The lowest BCUT2D eigenvalue weighted by Gasteiger charge is -2.03. The zero-order valence-electron chi connectivity index (χ0n) is 5.42. The van der Waals surface area contributed by atoms with Crippen LogP contribution in [-0.4, -0.2) is 11.4 Å². The minimum absolute atomic E-state index is 0.0486. The van der Waals surface area contributed by atoms with Gasteiger partial charge in [-0.15, -0.1) is 0 Å². The zero-order valence-corrected chi connectivity index (χ0v) is 5.42. The molecular formula is C7H12O2. The van der Waals surface area contributed by atoms with Crippen molar-refractivity contribution in [1.82, 2.24) is 0 Å². The van der Waals surface area contributed by atoms with Gasteiger partial charge in [0.25, 0.3) is 0 Å². The van der Waals surface area contributed by atoms with Crippen molar-refractivity contribution < 1.29 is 10.1 Å². The smallest absolute Gasteiger partial charge is 0.111 e. The van der Waals surface area contributed by atoms with Gasteiger partial charge in [-0.2, -0.15) is 0 Å². The van der Waals surface area contributed by atoms with Gasteiger partial charge in [0.2, 0.25) is 0 Å². The number of hydrogen-bond acceptors (Lipinski definition) is 2. The Morgan fingerprint density at radius 2 is 2.33 bits per heavy atom. The average molecular weight is 128 g/mol. The van der Waals surface area contributed by atoms with Crippen LogP contribution < -0.4 is 0 Å². The first-order chi connectivity index (χ1) is 4.43. The largest absolute Gasteiger partial charge is 0.251 e. The van der Waals surface area contributed by atoms with E-state index in [1.54, 1.807) is 0 Å². The van der Waals surface area contributed by atoms with Gasteiger partial charge in [-0.1, -0.05) is 18.6 Å². The van der Waals surface area contributed by atoms with E-state index in [0.717, 1.165) is 19.3 Å². The van der Waals surface area contributed by atoms with E-state index in [2.05, 4.69) is 11.0 Å². The van der Waals surface area contributed by atoms with E-state index in [4.69, 9.17) is 5.26 Å². The molecule has 2 heteroatoms. The van der Waals surface area contributed by atoms with Gasteiger partial charge in [0.1, 0.15) is 6.10 Å². The molecule has 1 rings (SSSR count). The predicted molar refractivity (Wildman–Crippen MR) is 35.1 cm³/mol. The van der Waals surface area contributed by atoms with E-state index in [1.807, 2.05) is 6.08 Å². The minimum Gasteiger partial charge on any atom is -0.251 e. The van der Waals surface area contributed by atoms with E-state index in [0.29, 0.717) is 0 Å². The maximum Gasteiger partial charge on any atom is 0.111 e. The molecule has 52 valence electrons. The van der Waals surface area contributed by atoms with E-state index in [-0.39, 0.29) is 6.10 Å². The zero-order chi connectivity index (χ0) is 6.53. The molecule has 0 aromatic heterocycles. The maximum atomic E-state index is 8.26. The molecule has 0 amide bonds. The van der Waals surface area contributed by atoms with Gasteiger partial charge in [0, 0.05) is 0 Å². The van der Waals surface area contributed by atoms with Crippen LogP contribution >= 0.6 is 0 Å². The lowest BCUT2D eigenvalue weighted by Crippen LogP contribution is -2.04. The van der Waals surface area contributed by atoms with Gasteiger partial charge >= 0.3 is 0 Å². The average Bonchev–Trinajstić information content (AvgIpc) is 2.13. The fraction of sp³-hybridized carbons (Fsp3) is 0.714. The molecule has 1 aliphatic carbocycles. The van der Waals surface area contributed by atoms with Crippen molar-refractivity contribution in [2.24, 2.45) is 0 Å². The molecule has 0 bridgehead atoms. The molecule has 2 nitrogen and oxygen atoms in total. The SMILES string of the molecule is OOC1C=CCCCC1. The molecule has 0 heterocycles. The summed E-state index contributed by atoms with van der Waals surface area (Å²) in [4.78, 5) is 4.18. The highest BCUT2D eigenvalue weighted by Crippen LogP contribution is 2.12. The highest BCUT2D eigenvalue weighted by atomic mass is 17.1. The summed E-state index contributed by atoms with van der Waals surface area (Å²) >= 11 is 0. The van der Waals surface area contributed by atoms with Crippen LogP contribution in [0.25, 0.3) is 0 Å². The quantitative estimate of drug-likeness (QED) is 0.332. The molecule has 0 saturated carbocycles. The molecule has 1 atom stereocenters. The van der Waals surface area contributed by atoms with Crippen LogP contribution in [-0.2, 0) is 4.89 Å². The summed E-state index contributed by atoms with van der Waals surface area (Å²) in [6, 6.07) is 0. The van der Waals surface area contributed by atoms with E-state index < -0.39 is 0 Å². The molecule has 0 aliphatic heterocycles. The third kappa shape index (κ3) is 2.16. The molecule has 0 fully saturated rings. The van der Waals surface area contributed by atoms with Gasteiger partial charge in [-0.05, 0) is 19.3 Å². The van der Waals surface area contributed by atoms with Gasteiger partial charge in [-0.3, -0.25) is 5.26 Å². The summed E-state index contributed by atoms with van der Waals surface area (Å²) in [6.07, 6.45) is 8.38. The van der Waals surface area contributed by atoms with Crippen molar-refractivity contribution in [3.63, 3.8) is 0 Å². The lowest BCUT2D eigenvalue weighted by molar-refractivity contribution is -0.266. The Kier molecular flexibility index (Phi) is 2.74. The molecule has 9 heavy (non-hydrogen) atoms. The molecule has 0 aromatic carbocycles. The number of hydrogen-bond donors (Lipinski definition) is 1. The molecule has 1 N–H and O–H groups in total. The Morgan fingerprint density at radius 1 is 1.44 bits per heavy atom. The highest BCUT2D eigenvalue weighted by molar-refractivity contribution is 4.91. The second-order valence-electron chi connectivity index (χ2n) is 2.36. The minimum atomic E-state index is -0.0486. The van der Waals surface area contributed by atoms with Crippen molar-refractivity contribution in [3.05, 3.63) is 12.2 Å². The summed E-state index contributed by atoms with van der Waals surface area (Å²) in [5.74, 6) is 0. The maximum absolute atomic E-state index is 8.26. The molecular weight excluding hydrogens is 116 g/mol. The summed E-state index contributed by atoms with van der Waals surface area (Å²) in [5, 5.41) is 8.26. The van der Waals surface area contributed by atoms with Gasteiger partial charge < -0.3 is 0 Å². The van der Waals surface area contributed by atoms with Gasteiger partial charge in [0.15, 0.2) is 0 Å². The normalized spacial score (nSPS) is 27.9. The number of rotatable bonds is 1. The van der Waals surface area contributed by atoms with Gasteiger partial charge in [-0.25, -0.2) is 4.89 Å². The first-order valence-corrected chi connectivity index (χ1v) is 3.40. The Balaban J connectivity index is 2.33. The molecule has 0 radical (unpaired) electrons. The van der Waals surface area contributed by atoms with E-state index in [1.165, 1.54) is 6.42 Å². The second-order valence-corrected chi connectivity index (χ2v) is 2.36. The van der Waals surface area contributed by atoms with E-state index in [9.17, 15) is 0 Å². The van der Waals surface area contributed by atoms with E-state index >= 15 is 0 Å². The number of allylic oxidation sites excluding steroid dienone is 1. The Bertz CT molecular complexity index is 99.1. The first kappa shape index (κ1) is 6.78. The fourth-order valence-corrected chi connectivity index (χ4v) is 1.04. The van der Waals surface area contributed by atoms with Crippen molar-refractivity contribution in [2.45, 2.75) is 31.8 Å². The van der Waals surface area contributed by atoms with Crippen molar-refractivity contribution >= 4 is 0 Å². The summed E-state index contributed by atoms with van der Waals surface area (Å²) in [7, 11) is 0. The van der Waals surface area contributed by atoms with Crippen molar-refractivity contribution in [2.75, 3.05) is 0 Å². The summed E-state index contributed by atoms with van der Waals surface area (Å²) in [6.45, 7) is 0. The molecule has 0 saturated heterocycles. The second kappa shape index (κ2) is 3.64. The molecule has 1 aliphatic rings. The Hall–Kier alpha value is -0.340. The third-order valence-corrected chi connectivity index (χ3v) is 1.60. The van der Waals surface area contributed by atoms with Crippen LogP contribution in [0, 0.1) is 0 Å². The molecule has 0 spiro atoms. The topological polar surface area (TPSA) is 29.5 Å². The van der Waals surface area contributed by atoms with Crippen molar-refractivity contribution in [1.29, 1.82) is 0 Å². The highest BCUT2D eigenvalue weighted by Gasteiger charge is 2.05. The Labute approximate surface area is 55.1 Å². The summed E-state index contributed by atoms with van der Waals surface area (Å²) in [5.41, 5.74) is 0. The monoisotopic (exact) mass is 128 g/mol. The van der Waals surface area contributed by atoms with Crippen LogP contribution in [0.4, 0.5) is 0 Å². The predicted octanol–water partition coefficient (Wildman–Crippen LogP) is 1.97. The first-order valence-electron chi connectivity index (χ1n) is 3.40. The standard InChI is InChI=1S/C7H12O2/c8-9-7-5-3-1-2-4-6-7/h3,5,7-8H,1-2,4,6H2. The van der Waals surface area contributed by atoms with Crippen LogP contribution in [0.15, 0.2) is 12.2 Å². The summed E-state index contributed by atoms with van der Waals surface area (Å²) < 4.78 is 0. The van der Waals surface area contributed by atoms with Gasteiger partial charge in [0.05, 0.1) is 0 Å². The molecule has 1 unspecified atom stereocenters. The fourth-order valence-electron chi connectivity index (χ4n) is 1.04. The third-order valence-electron chi connectivity index (χ3n) is 1.60. The van der Waals surface area contributed by atoms with Crippen LogP contribution in [0.1, 0.15) is 25.7 Å². The van der Waals surface area contributed by atoms with Crippen LogP contribution in [0.5, 0.6) is 0 Å². The van der Waals surface area contributed by atoms with Crippen molar-refractivity contribution in [3.8, 4) is 0 Å².